The van der Waals surface area contributed by atoms with Crippen molar-refractivity contribution in [2.24, 2.45) is 0 Å². The van der Waals surface area contributed by atoms with Crippen molar-refractivity contribution >= 4 is 0 Å². The molecule has 6 nitrogen and oxygen atoms in total. The van der Waals surface area contributed by atoms with E-state index in [0.717, 1.165) is 48.5 Å². The van der Waals surface area contributed by atoms with Gasteiger partial charge in [0.15, 0.2) is 0 Å². The first-order valence-corrected chi connectivity index (χ1v) is 11.8. The van der Waals surface area contributed by atoms with E-state index in [2.05, 4.69) is 0 Å². The Balaban J connectivity index is 0.00000108. The Bertz CT molecular complexity index is 1260. The summed E-state index contributed by atoms with van der Waals surface area (Å²) in [6.07, 6.45) is -11.5. The number of alkyl halides is 6. The van der Waals surface area contributed by atoms with Crippen molar-refractivity contribution in [3.8, 4) is 34.5 Å². The maximum atomic E-state index is 14.4. The maximum Gasteiger partial charge on any atom is 0.411 e. The topological polar surface area (TPSA) is 99.4 Å². The SMILES string of the molecule is OCCO.Oc1ccc(Oc2ccc(C(c3ccc(Oc4ccc(O)cc4)cc3)(C(F)(F)F)C(F)(F)F)cc2)cc1. The summed E-state index contributed by atoms with van der Waals surface area (Å²) in [6, 6.07) is 17.7. The Morgan fingerprint density at radius 3 is 0.902 bits per heavy atom. The van der Waals surface area contributed by atoms with E-state index >= 15 is 0 Å². The molecule has 0 aliphatic heterocycles. The molecule has 0 spiro atoms. The number of aromatic hydroxyl groups is 2. The number of aliphatic hydroxyl groups excluding tert-OH is 2. The molecule has 0 saturated heterocycles. The van der Waals surface area contributed by atoms with E-state index in [1.165, 1.54) is 48.5 Å². The van der Waals surface area contributed by atoms with Crippen molar-refractivity contribution < 1.29 is 56.2 Å². The van der Waals surface area contributed by atoms with Gasteiger partial charge >= 0.3 is 12.4 Å². The largest absolute Gasteiger partial charge is 0.508 e. The van der Waals surface area contributed by atoms with E-state index in [1.807, 2.05) is 0 Å². The van der Waals surface area contributed by atoms with Crippen LogP contribution in [0.25, 0.3) is 0 Å². The lowest BCUT2D eigenvalue weighted by Gasteiger charge is -2.38. The standard InChI is InChI=1S/C27H18F6O4.C2H6O2/c28-26(29,30)25(27(31,32)33,17-1-9-21(10-2-17)36-23-13-5-19(34)6-14-23)18-3-11-22(12-4-18)37-24-15-7-20(35)8-16-24;3-1-2-4/h1-16,34-35H;3-4H,1-2H2. The van der Waals surface area contributed by atoms with Gasteiger partial charge < -0.3 is 29.9 Å². The molecule has 0 aliphatic carbocycles. The fraction of sp³-hybridized carbons (Fsp3) is 0.172. The molecule has 0 saturated carbocycles. The molecule has 0 bridgehead atoms. The molecule has 12 heteroatoms. The van der Waals surface area contributed by atoms with E-state index in [9.17, 15) is 36.6 Å². The average molecular weight is 582 g/mol. The summed E-state index contributed by atoms with van der Waals surface area (Å²) in [5.74, 6) is 0.389. The zero-order chi connectivity index (χ0) is 30.3. The molecule has 4 aromatic carbocycles. The van der Waals surface area contributed by atoms with Gasteiger partial charge in [0.05, 0.1) is 13.2 Å². The molecule has 0 atom stereocenters. The predicted octanol–water partition coefficient (Wildman–Crippen LogP) is 7.06. The molecule has 4 aromatic rings. The minimum atomic E-state index is -5.75. The number of benzene rings is 4. The van der Waals surface area contributed by atoms with Crippen LogP contribution < -0.4 is 9.47 Å². The van der Waals surface area contributed by atoms with E-state index < -0.39 is 28.9 Å². The molecule has 0 amide bonds. The van der Waals surface area contributed by atoms with E-state index in [4.69, 9.17) is 19.7 Å². The molecule has 41 heavy (non-hydrogen) atoms. The van der Waals surface area contributed by atoms with Gasteiger partial charge in [-0.05, 0) is 83.9 Å². The van der Waals surface area contributed by atoms with Crippen molar-refractivity contribution in [1.29, 1.82) is 0 Å². The predicted molar refractivity (Wildman–Crippen MR) is 136 cm³/mol. The molecular weight excluding hydrogens is 558 g/mol. The summed E-state index contributed by atoms with van der Waals surface area (Å²) in [5.41, 5.74) is -6.41. The second kappa shape index (κ2) is 12.8. The number of aliphatic hydroxyl groups is 2. The van der Waals surface area contributed by atoms with Gasteiger partial charge in [-0.15, -0.1) is 0 Å². The minimum absolute atomic E-state index is 0.00494. The highest BCUT2D eigenvalue weighted by molar-refractivity contribution is 5.48. The van der Waals surface area contributed by atoms with Crippen LogP contribution in [0.2, 0.25) is 0 Å². The number of ether oxygens (including phenoxy) is 2. The second-order valence-electron chi connectivity index (χ2n) is 8.43. The molecule has 0 unspecified atom stereocenters. The number of halogens is 6. The van der Waals surface area contributed by atoms with Gasteiger partial charge in [0.25, 0.3) is 0 Å². The Labute approximate surface area is 230 Å². The van der Waals surface area contributed by atoms with Gasteiger partial charge in [-0.2, -0.15) is 26.3 Å². The fourth-order valence-electron chi connectivity index (χ4n) is 3.83. The van der Waals surface area contributed by atoms with Crippen molar-refractivity contribution in [2.45, 2.75) is 17.8 Å². The molecule has 0 aliphatic rings. The monoisotopic (exact) mass is 582 g/mol. The van der Waals surface area contributed by atoms with Crippen molar-refractivity contribution in [2.75, 3.05) is 13.2 Å². The normalized spacial score (nSPS) is 11.8. The summed E-state index contributed by atoms with van der Waals surface area (Å²) >= 11 is 0. The van der Waals surface area contributed by atoms with Crippen LogP contribution in [-0.4, -0.2) is 46.0 Å². The highest BCUT2D eigenvalue weighted by Gasteiger charge is 2.72. The van der Waals surface area contributed by atoms with Crippen molar-refractivity contribution in [1.82, 2.24) is 0 Å². The fourth-order valence-corrected chi connectivity index (χ4v) is 3.83. The van der Waals surface area contributed by atoms with Crippen LogP contribution in [0.1, 0.15) is 11.1 Å². The van der Waals surface area contributed by atoms with Gasteiger partial charge in [0, 0.05) is 0 Å². The maximum absolute atomic E-state index is 14.4. The molecule has 0 aromatic heterocycles. The van der Waals surface area contributed by atoms with Crippen molar-refractivity contribution in [3.05, 3.63) is 108 Å². The van der Waals surface area contributed by atoms with Gasteiger partial charge in [-0.3, -0.25) is 0 Å². The van der Waals surface area contributed by atoms with Crippen LogP contribution in [0.5, 0.6) is 34.5 Å². The van der Waals surface area contributed by atoms with Gasteiger partial charge in [-0.1, -0.05) is 24.3 Å². The lowest BCUT2D eigenvalue weighted by Crippen LogP contribution is -2.54. The summed E-state index contributed by atoms with van der Waals surface area (Å²) < 4.78 is 97.2. The number of rotatable bonds is 7. The zero-order valence-electron chi connectivity index (χ0n) is 21.0. The van der Waals surface area contributed by atoms with Crippen LogP contribution in [0, 0.1) is 0 Å². The first-order chi connectivity index (χ1) is 19.3. The average Bonchev–Trinajstić information content (AvgIpc) is 2.92. The lowest BCUT2D eigenvalue weighted by atomic mass is 9.73. The van der Waals surface area contributed by atoms with Crippen LogP contribution in [-0.2, 0) is 5.41 Å². The highest BCUT2D eigenvalue weighted by atomic mass is 19.4. The van der Waals surface area contributed by atoms with Gasteiger partial charge in [-0.25, -0.2) is 0 Å². The van der Waals surface area contributed by atoms with Crippen LogP contribution in [0.15, 0.2) is 97.1 Å². The quantitative estimate of drug-likeness (QED) is 0.174. The summed E-state index contributed by atoms with van der Waals surface area (Å²) in [4.78, 5) is 0. The molecule has 0 heterocycles. The summed E-state index contributed by atoms with van der Waals surface area (Å²) in [5, 5.41) is 33.9. The Morgan fingerprint density at radius 2 is 0.683 bits per heavy atom. The van der Waals surface area contributed by atoms with E-state index in [0.29, 0.717) is 0 Å². The van der Waals surface area contributed by atoms with Gasteiger partial charge in [0.1, 0.15) is 34.5 Å². The molecule has 0 radical (unpaired) electrons. The summed E-state index contributed by atoms with van der Waals surface area (Å²) in [7, 11) is 0. The van der Waals surface area contributed by atoms with E-state index in [1.54, 1.807) is 0 Å². The first-order valence-electron chi connectivity index (χ1n) is 11.8. The van der Waals surface area contributed by atoms with Crippen LogP contribution in [0.3, 0.4) is 0 Å². The number of hydrogen-bond donors (Lipinski definition) is 4. The third kappa shape index (κ3) is 7.21. The molecular formula is C29H24F6O6. The Kier molecular flexibility index (Phi) is 9.74. The lowest BCUT2D eigenvalue weighted by molar-refractivity contribution is -0.288. The van der Waals surface area contributed by atoms with Gasteiger partial charge in [0.2, 0.25) is 5.41 Å². The molecule has 0 fully saturated rings. The highest BCUT2D eigenvalue weighted by Crippen LogP contribution is 2.56. The number of hydrogen-bond acceptors (Lipinski definition) is 6. The van der Waals surface area contributed by atoms with Crippen LogP contribution >= 0.6 is 0 Å². The first kappa shape index (κ1) is 31.1. The summed E-state index contributed by atoms with van der Waals surface area (Å²) in [6.45, 7) is -0.250. The number of phenols is 2. The Morgan fingerprint density at radius 1 is 0.439 bits per heavy atom. The number of phenolic OH excluding ortho intramolecular Hbond substituents is 2. The Hall–Kier alpha value is -4.42. The third-order valence-electron chi connectivity index (χ3n) is 5.67. The minimum Gasteiger partial charge on any atom is -0.508 e. The molecule has 4 N–H and O–H groups in total. The zero-order valence-corrected chi connectivity index (χ0v) is 21.0. The third-order valence-corrected chi connectivity index (χ3v) is 5.67. The molecule has 4 rings (SSSR count). The molecule has 218 valence electrons. The van der Waals surface area contributed by atoms with Crippen LogP contribution in [0.4, 0.5) is 26.3 Å². The smallest absolute Gasteiger partial charge is 0.411 e. The van der Waals surface area contributed by atoms with Crippen molar-refractivity contribution in [3.63, 3.8) is 0 Å². The van der Waals surface area contributed by atoms with E-state index in [-0.39, 0.29) is 47.7 Å². The second-order valence-corrected chi connectivity index (χ2v) is 8.43.